The van der Waals surface area contributed by atoms with Crippen LogP contribution in [0.25, 0.3) is 6.08 Å². The van der Waals surface area contributed by atoms with E-state index in [2.05, 4.69) is 32.5 Å². The summed E-state index contributed by atoms with van der Waals surface area (Å²) in [5.74, 6) is 2.89. The van der Waals surface area contributed by atoms with E-state index in [1.54, 1.807) is 12.1 Å². The van der Waals surface area contributed by atoms with Gasteiger partial charge in [0, 0.05) is 4.47 Å². The summed E-state index contributed by atoms with van der Waals surface area (Å²) in [6.45, 7) is 2.41. The molecule has 1 aliphatic rings. The molecule has 22 heavy (non-hydrogen) atoms. The van der Waals surface area contributed by atoms with Crippen molar-refractivity contribution >= 4 is 33.9 Å². The smallest absolute Gasteiger partial charge is 0.326 e. The Morgan fingerprint density at radius 1 is 1.27 bits per heavy atom. The minimum absolute atomic E-state index is 0.116. The van der Waals surface area contributed by atoms with Crippen LogP contribution < -0.4 is 20.1 Å². The lowest BCUT2D eigenvalue weighted by molar-refractivity contribution is -0.115. The Morgan fingerprint density at radius 3 is 2.59 bits per heavy atom. The number of terminal acetylenes is 1. The van der Waals surface area contributed by atoms with Crippen LogP contribution >= 0.6 is 15.9 Å². The fraction of sp³-hybridized carbons (Fsp3) is 0.200. The van der Waals surface area contributed by atoms with E-state index in [1.165, 1.54) is 6.08 Å². The third-order valence-corrected chi connectivity index (χ3v) is 3.38. The number of rotatable bonds is 5. The highest BCUT2D eigenvalue weighted by atomic mass is 79.9. The summed E-state index contributed by atoms with van der Waals surface area (Å²) >= 11 is 3.39. The van der Waals surface area contributed by atoms with Crippen LogP contribution in [0.1, 0.15) is 12.5 Å². The second-order valence-corrected chi connectivity index (χ2v) is 5.07. The van der Waals surface area contributed by atoms with Crippen molar-refractivity contribution in [3.05, 3.63) is 27.9 Å². The molecule has 6 nitrogen and oxygen atoms in total. The lowest BCUT2D eigenvalue weighted by Gasteiger charge is -2.12. The quantitative estimate of drug-likeness (QED) is 0.476. The van der Waals surface area contributed by atoms with Crippen molar-refractivity contribution < 1.29 is 19.1 Å². The molecule has 1 aromatic carbocycles. The Kier molecular flexibility index (Phi) is 5.07. The van der Waals surface area contributed by atoms with Gasteiger partial charge in [-0.1, -0.05) is 21.9 Å². The van der Waals surface area contributed by atoms with Crippen molar-refractivity contribution in [1.82, 2.24) is 10.6 Å². The summed E-state index contributed by atoms with van der Waals surface area (Å²) in [5.41, 5.74) is 0.814. The van der Waals surface area contributed by atoms with Crippen LogP contribution in [0.4, 0.5) is 4.79 Å². The van der Waals surface area contributed by atoms with E-state index >= 15 is 0 Å². The van der Waals surface area contributed by atoms with E-state index in [-0.39, 0.29) is 12.3 Å². The second-order valence-electron chi connectivity index (χ2n) is 4.21. The maximum absolute atomic E-state index is 11.6. The molecule has 1 aromatic rings. The second kappa shape index (κ2) is 7.00. The highest BCUT2D eigenvalue weighted by Gasteiger charge is 2.23. The maximum atomic E-state index is 11.6. The average molecular weight is 365 g/mol. The van der Waals surface area contributed by atoms with Gasteiger partial charge in [0.1, 0.15) is 12.3 Å². The molecule has 2 N–H and O–H groups in total. The third-order valence-electron chi connectivity index (χ3n) is 2.69. The lowest BCUT2D eigenvalue weighted by atomic mass is 10.1. The van der Waals surface area contributed by atoms with Crippen LogP contribution in [0.3, 0.4) is 0 Å². The fourth-order valence-corrected chi connectivity index (χ4v) is 2.24. The van der Waals surface area contributed by atoms with Crippen molar-refractivity contribution in [2.24, 2.45) is 0 Å². The SMILES string of the molecule is C#CCOc1cc(Br)c(C=C2NC(=O)NC2=O)cc1OCC. The molecular formula is C15H13BrN2O4. The van der Waals surface area contributed by atoms with Crippen molar-refractivity contribution in [3.8, 4) is 23.8 Å². The standard InChI is InChI=1S/C15H13BrN2O4/c1-3-5-22-13-8-10(16)9(7-12(13)21-4-2)6-11-14(19)18-15(20)17-11/h1,6-8H,4-5H2,2H3,(H2,17,18,19,20). The first kappa shape index (κ1) is 15.9. The molecule has 7 heteroatoms. The number of benzene rings is 1. The molecule has 1 saturated heterocycles. The molecule has 0 aromatic heterocycles. The van der Waals surface area contributed by atoms with Gasteiger partial charge in [0.2, 0.25) is 0 Å². The fourth-order valence-electron chi connectivity index (χ4n) is 1.80. The van der Waals surface area contributed by atoms with Gasteiger partial charge in [-0.3, -0.25) is 10.1 Å². The molecule has 0 aliphatic carbocycles. The van der Waals surface area contributed by atoms with Gasteiger partial charge in [0.25, 0.3) is 5.91 Å². The van der Waals surface area contributed by atoms with Gasteiger partial charge in [-0.2, -0.15) is 0 Å². The molecule has 0 radical (unpaired) electrons. The molecule has 3 amide bonds. The zero-order valence-corrected chi connectivity index (χ0v) is 13.3. The molecular weight excluding hydrogens is 352 g/mol. The normalized spacial score (nSPS) is 15.2. The number of carbonyl (C=O) groups is 2. The predicted octanol–water partition coefficient (Wildman–Crippen LogP) is 2.04. The van der Waals surface area contributed by atoms with E-state index in [0.717, 1.165) is 0 Å². The molecule has 1 fully saturated rings. The van der Waals surface area contributed by atoms with Crippen LogP contribution in [-0.4, -0.2) is 25.2 Å². The van der Waals surface area contributed by atoms with Crippen LogP contribution in [0, 0.1) is 12.3 Å². The first-order valence-corrected chi connectivity index (χ1v) is 7.21. The lowest BCUT2D eigenvalue weighted by Crippen LogP contribution is -2.22. The van der Waals surface area contributed by atoms with Crippen LogP contribution in [-0.2, 0) is 4.79 Å². The summed E-state index contributed by atoms with van der Waals surface area (Å²) in [7, 11) is 0. The molecule has 0 atom stereocenters. The highest BCUT2D eigenvalue weighted by molar-refractivity contribution is 9.10. The molecule has 1 aliphatic heterocycles. The van der Waals surface area contributed by atoms with Gasteiger partial charge >= 0.3 is 6.03 Å². The third kappa shape index (κ3) is 3.59. The van der Waals surface area contributed by atoms with Gasteiger partial charge in [-0.05, 0) is 30.7 Å². The van der Waals surface area contributed by atoms with E-state index < -0.39 is 11.9 Å². The summed E-state index contributed by atoms with van der Waals surface area (Å²) < 4.78 is 11.6. The number of ether oxygens (including phenoxy) is 2. The van der Waals surface area contributed by atoms with E-state index in [4.69, 9.17) is 15.9 Å². The van der Waals surface area contributed by atoms with Crippen molar-refractivity contribution in [1.29, 1.82) is 0 Å². The Morgan fingerprint density at radius 2 is 2.00 bits per heavy atom. The highest BCUT2D eigenvalue weighted by Crippen LogP contribution is 2.35. The summed E-state index contributed by atoms with van der Waals surface area (Å²) in [6.07, 6.45) is 6.72. The Hall–Kier alpha value is -2.46. The summed E-state index contributed by atoms with van der Waals surface area (Å²) in [6, 6.07) is 2.85. The molecule has 0 unspecified atom stereocenters. The topological polar surface area (TPSA) is 76.7 Å². The molecule has 1 heterocycles. The van der Waals surface area contributed by atoms with Gasteiger partial charge in [-0.25, -0.2) is 4.79 Å². The van der Waals surface area contributed by atoms with Crippen molar-refractivity contribution in [2.75, 3.05) is 13.2 Å². The van der Waals surface area contributed by atoms with Crippen molar-refractivity contribution in [3.63, 3.8) is 0 Å². The van der Waals surface area contributed by atoms with Gasteiger partial charge in [0.05, 0.1) is 6.61 Å². The number of urea groups is 1. The van der Waals surface area contributed by atoms with Gasteiger partial charge in [-0.15, -0.1) is 6.42 Å². The Bertz CT molecular complexity index is 692. The van der Waals surface area contributed by atoms with Gasteiger partial charge < -0.3 is 14.8 Å². The zero-order chi connectivity index (χ0) is 16.1. The minimum Gasteiger partial charge on any atom is -0.490 e. The number of imide groups is 1. The number of amides is 3. The monoisotopic (exact) mass is 364 g/mol. The molecule has 0 saturated carbocycles. The van der Waals surface area contributed by atoms with Crippen LogP contribution in [0.2, 0.25) is 0 Å². The molecule has 2 rings (SSSR count). The first-order chi connectivity index (χ1) is 10.5. The average Bonchev–Trinajstić information content (AvgIpc) is 2.79. The first-order valence-electron chi connectivity index (χ1n) is 6.41. The number of halogens is 1. The molecule has 0 bridgehead atoms. The zero-order valence-electron chi connectivity index (χ0n) is 11.7. The maximum Gasteiger partial charge on any atom is 0.326 e. The van der Waals surface area contributed by atoms with Gasteiger partial charge in [0.15, 0.2) is 11.5 Å². The largest absolute Gasteiger partial charge is 0.490 e. The molecule has 0 spiro atoms. The number of hydrogen-bond donors (Lipinski definition) is 2. The summed E-state index contributed by atoms with van der Waals surface area (Å²) in [4.78, 5) is 22.7. The number of carbonyl (C=O) groups excluding carboxylic acids is 2. The summed E-state index contributed by atoms with van der Waals surface area (Å²) in [5, 5.41) is 4.56. The van der Waals surface area contributed by atoms with Crippen LogP contribution in [0.5, 0.6) is 11.5 Å². The van der Waals surface area contributed by atoms with Crippen LogP contribution in [0.15, 0.2) is 22.3 Å². The van der Waals surface area contributed by atoms with Crippen molar-refractivity contribution in [2.45, 2.75) is 6.92 Å². The Balaban J connectivity index is 2.38. The number of nitrogens with one attached hydrogen (secondary N) is 2. The van der Waals surface area contributed by atoms with E-state index in [9.17, 15) is 9.59 Å². The van der Waals surface area contributed by atoms with E-state index in [0.29, 0.717) is 28.1 Å². The number of hydrogen-bond acceptors (Lipinski definition) is 4. The predicted molar refractivity (Wildman–Crippen MR) is 84.3 cm³/mol. The van der Waals surface area contributed by atoms with E-state index in [1.807, 2.05) is 6.92 Å². The minimum atomic E-state index is -0.550. The molecule has 114 valence electrons. The Labute approximate surface area is 136 Å².